The molecule has 0 aliphatic carbocycles. The molecule has 0 unspecified atom stereocenters. The van der Waals surface area contributed by atoms with Gasteiger partial charge in [-0.05, 0) is 26.0 Å². The SMILES string of the molecule is COCCn1ccc(NC(=O)c2ccccc2SCC=C(C)C)n1. The van der Waals surface area contributed by atoms with E-state index < -0.39 is 0 Å². The zero-order valence-electron chi connectivity index (χ0n) is 14.3. The molecule has 1 N–H and O–H groups in total. The van der Waals surface area contributed by atoms with Crippen molar-refractivity contribution in [2.24, 2.45) is 0 Å². The van der Waals surface area contributed by atoms with Crippen LogP contribution in [0.5, 0.6) is 0 Å². The smallest absolute Gasteiger partial charge is 0.257 e. The molecule has 0 fully saturated rings. The van der Waals surface area contributed by atoms with Crippen LogP contribution in [0.4, 0.5) is 5.82 Å². The van der Waals surface area contributed by atoms with Crippen LogP contribution < -0.4 is 5.32 Å². The minimum atomic E-state index is -0.146. The highest BCUT2D eigenvalue weighted by atomic mass is 32.2. The van der Waals surface area contributed by atoms with Gasteiger partial charge in [-0.15, -0.1) is 11.8 Å². The third-order valence-electron chi connectivity index (χ3n) is 3.27. The van der Waals surface area contributed by atoms with Crippen LogP contribution in [0, 0.1) is 0 Å². The van der Waals surface area contributed by atoms with Crippen molar-refractivity contribution in [3.8, 4) is 0 Å². The Morgan fingerprint density at radius 3 is 2.88 bits per heavy atom. The van der Waals surface area contributed by atoms with E-state index in [2.05, 4.69) is 30.3 Å². The van der Waals surface area contributed by atoms with Crippen molar-refractivity contribution in [3.63, 3.8) is 0 Å². The van der Waals surface area contributed by atoms with Crippen LogP contribution in [0.2, 0.25) is 0 Å². The molecule has 0 bridgehead atoms. The summed E-state index contributed by atoms with van der Waals surface area (Å²) in [7, 11) is 1.65. The minimum absolute atomic E-state index is 0.146. The topological polar surface area (TPSA) is 56.1 Å². The predicted molar refractivity (Wildman–Crippen MR) is 98.7 cm³/mol. The molecule has 1 amide bonds. The van der Waals surface area contributed by atoms with E-state index in [1.807, 2.05) is 30.5 Å². The van der Waals surface area contributed by atoms with E-state index in [4.69, 9.17) is 4.74 Å². The van der Waals surface area contributed by atoms with Gasteiger partial charge >= 0.3 is 0 Å². The number of anilines is 1. The summed E-state index contributed by atoms with van der Waals surface area (Å²) < 4.78 is 6.76. The lowest BCUT2D eigenvalue weighted by atomic mass is 10.2. The molecule has 0 saturated heterocycles. The van der Waals surface area contributed by atoms with Gasteiger partial charge in [-0.2, -0.15) is 5.10 Å². The fourth-order valence-corrected chi connectivity index (χ4v) is 3.09. The summed E-state index contributed by atoms with van der Waals surface area (Å²) in [5.41, 5.74) is 1.93. The van der Waals surface area contributed by atoms with Crippen molar-refractivity contribution in [1.82, 2.24) is 9.78 Å². The number of amides is 1. The van der Waals surface area contributed by atoms with Gasteiger partial charge in [-0.3, -0.25) is 9.48 Å². The van der Waals surface area contributed by atoms with Gasteiger partial charge in [0.25, 0.3) is 5.91 Å². The van der Waals surface area contributed by atoms with E-state index >= 15 is 0 Å². The van der Waals surface area contributed by atoms with Crippen molar-refractivity contribution in [3.05, 3.63) is 53.7 Å². The Morgan fingerprint density at radius 2 is 2.12 bits per heavy atom. The van der Waals surface area contributed by atoms with Gasteiger partial charge in [0.1, 0.15) is 0 Å². The van der Waals surface area contributed by atoms with Crippen LogP contribution in [-0.2, 0) is 11.3 Å². The second-order valence-corrected chi connectivity index (χ2v) is 6.56. The fourth-order valence-electron chi connectivity index (χ4n) is 2.00. The number of rotatable bonds is 8. The van der Waals surface area contributed by atoms with Gasteiger partial charge < -0.3 is 10.1 Å². The second kappa shape index (κ2) is 9.30. The van der Waals surface area contributed by atoms with Gasteiger partial charge in [-0.1, -0.05) is 23.8 Å². The molecule has 6 heteroatoms. The van der Waals surface area contributed by atoms with Crippen molar-refractivity contribution >= 4 is 23.5 Å². The quantitative estimate of drug-likeness (QED) is 0.583. The van der Waals surface area contributed by atoms with Gasteiger partial charge in [0, 0.05) is 30.0 Å². The number of hydrogen-bond acceptors (Lipinski definition) is 4. The third kappa shape index (κ3) is 5.54. The molecule has 1 aromatic carbocycles. The number of thioether (sulfide) groups is 1. The normalized spacial score (nSPS) is 10.5. The standard InChI is InChI=1S/C18H23N3O2S/c1-14(2)9-13-24-16-7-5-4-6-15(16)18(22)19-17-8-10-21(20-17)11-12-23-3/h4-10H,11-13H2,1-3H3,(H,19,20,22). The Balaban J connectivity index is 2.04. The molecule has 0 atom stereocenters. The molecule has 1 aromatic heterocycles. The van der Waals surface area contributed by atoms with Crippen LogP contribution in [-0.4, -0.2) is 35.2 Å². The third-order valence-corrected chi connectivity index (χ3v) is 4.27. The molecular weight excluding hydrogens is 322 g/mol. The highest BCUT2D eigenvalue weighted by molar-refractivity contribution is 7.99. The summed E-state index contributed by atoms with van der Waals surface area (Å²) in [6.45, 7) is 5.37. The number of carbonyl (C=O) groups is 1. The Labute approximate surface area is 147 Å². The lowest BCUT2D eigenvalue weighted by Gasteiger charge is -2.08. The van der Waals surface area contributed by atoms with E-state index in [0.29, 0.717) is 24.5 Å². The number of methoxy groups -OCH3 is 1. The van der Waals surface area contributed by atoms with Crippen molar-refractivity contribution < 1.29 is 9.53 Å². The average molecular weight is 345 g/mol. The maximum Gasteiger partial charge on any atom is 0.257 e. The fraction of sp³-hybridized carbons (Fsp3) is 0.333. The van der Waals surface area contributed by atoms with Crippen molar-refractivity contribution in [2.75, 3.05) is 24.8 Å². The second-order valence-electron chi connectivity index (χ2n) is 5.50. The summed E-state index contributed by atoms with van der Waals surface area (Å²) in [5.74, 6) is 1.24. The Bertz CT molecular complexity index is 706. The highest BCUT2D eigenvalue weighted by Crippen LogP contribution is 2.24. The molecule has 0 aliphatic heterocycles. The van der Waals surface area contributed by atoms with E-state index in [1.54, 1.807) is 29.6 Å². The first-order chi connectivity index (χ1) is 11.6. The number of nitrogens with one attached hydrogen (secondary N) is 1. The summed E-state index contributed by atoms with van der Waals surface area (Å²) in [4.78, 5) is 13.5. The van der Waals surface area contributed by atoms with Gasteiger partial charge in [-0.25, -0.2) is 0 Å². The van der Waals surface area contributed by atoms with E-state index in [9.17, 15) is 4.79 Å². The first-order valence-corrected chi connectivity index (χ1v) is 8.77. The maximum absolute atomic E-state index is 12.5. The molecule has 1 heterocycles. The van der Waals surface area contributed by atoms with Crippen LogP contribution in [0.15, 0.2) is 53.1 Å². The van der Waals surface area contributed by atoms with Crippen LogP contribution in [0.3, 0.4) is 0 Å². The molecule has 24 heavy (non-hydrogen) atoms. The highest BCUT2D eigenvalue weighted by Gasteiger charge is 2.12. The Morgan fingerprint density at radius 1 is 1.33 bits per heavy atom. The molecule has 128 valence electrons. The van der Waals surface area contributed by atoms with Gasteiger partial charge in [0.2, 0.25) is 0 Å². The monoisotopic (exact) mass is 345 g/mol. The van der Waals surface area contributed by atoms with Crippen LogP contribution in [0.1, 0.15) is 24.2 Å². The first-order valence-electron chi connectivity index (χ1n) is 7.79. The van der Waals surface area contributed by atoms with Crippen LogP contribution in [0.25, 0.3) is 0 Å². The van der Waals surface area contributed by atoms with E-state index in [1.165, 1.54) is 5.57 Å². The van der Waals surface area contributed by atoms with E-state index in [0.717, 1.165) is 10.6 Å². The Kier molecular flexibility index (Phi) is 7.08. The van der Waals surface area contributed by atoms with Crippen molar-refractivity contribution in [2.45, 2.75) is 25.3 Å². The first kappa shape index (κ1) is 18.3. The Hall–Kier alpha value is -2.05. The molecule has 0 radical (unpaired) electrons. The predicted octanol–water partition coefficient (Wildman–Crippen LogP) is 3.84. The number of carbonyl (C=O) groups excluding carboxylic acids is 1. The lowest BCUT2D eigenvalue weighted by molar-refractivity contribution is 0.102. The number of aromatic nitrogens is 2. The number of nitrogens with zero attached hydrogens (tertiary/aromatic N) is 2. The summed E-state index contributed by atoms with van der Waals surface area (Å²) in [5, 5.41) is 7.17. The molecular formula is C18H23N3O2S. The summed E-state index contributed by atoms with van der Waals surface area (Å²) in [6.07, 6.45) is 3.97. The average Bonchev–Trinajstić information content (AvgIpc) is 3.00. The number of benzene rings is 1. The molecule has 0 spiro atoms. The van der Waals surface area contributed by atoms with Crippen molar-refractivity contribution in [1.29, 1.82) is 0 Å². The van der Waals surface area contributed by atoms with E-state index in [-0.39, 0.29) is 5.91 Å². The molecule has 2 aromatic rings. The number of ether oxygens (including phenoxy) is 1. The molecule has 5 nitrogen and oxygen atoms in total. The zero-order valence-corrected chi connectivity index (χ0v) is 15.1. The maximum atomic E-state index is 12.5. The van der Waals surface area contributed by atoms with Gasteiger partial charge in [0.05, 0.1) is 18.7 Å². The number of allylic oxidation sites excluding steroid dienone is 1. The molecule has 0 saturated carbocycles. The summed E-state index contributed by atoms with van der Waals surface area (Å²) >= 11 is 1.65. The van der Waals surface area contributed by atoms with Crippen LogP contribution >= 0.6 is 11.8 Å². The molecule has 2 rings (SSSR count). The number of hydrogen-bond donors (Lipinski definition) is 1. The zero-order chi connectivity index (χ0) is 17.4. The van der Waals surface area contributed by atoms with Gasteiger partial charge in [0.15, 0.2) is 5.82 Å². The lowest BCUT2D eigenvalue weighted by Crippen LogP contribution is -2.14. The summed E-state index contributed by atoms with van der Waals surface area (Å²) in [6, 6.07) is 9.41. The largest absolute Gasteiger partial charge is 0.383 e. The minimum Gasteiger partial charge on any atom is -0.383 e. The molecule has 0 aliphatic rings.